The number of aromatic nitrogens is 1. The molecule has 0 saturated carbocycles. The van der Waals surface area contributed by atoms with E-state index < -0.39 is 0 Å². The standard InChI is InChI=1S/C25H21ClN2OS/c1-17-4-2-3-5-22(17)25-28-23(16-30-25)19-9-13-21(14-10-19)27-24(29)15-8-18-6-11-20(26)12-7-18/h2-7,9-14,16H,8,15H2,1H3,(H,27,29). The van der Waals surface area contributed by atoms with E-state index in [0.717, 1.165) is 27.5 Å². The van der Waals surface area contributed by atoms with Gasteiger partial charge in [0, 0.05) is 33.6 Å². The summed E-state index contributed by atoms with van der Waals surface area (Å²) in [6.45, 7) is 2.10. The lowest BCUT2D eigenvalue weighted by molar-refractivity contribution is -0.116. The van der Waals surface area contributed by atoms with Crippen molar-refractivity contribution < 1.29 is 4.79 Å². The van der Waals surface area contributed by atoms with E-state index in [1.807, 2.05) is 60.7 Å². The van der Waals surface area contributed by atoms with Crippen LogP contribution < -0.4 is 5.32 Å². The number of thiazole rings is 1. The van der Waals surface area contributed by atoms with Crippen LogP contribution in [0, 0.1) is 6.92 Å². The highest BCUT2D eigenvalue weighted by Gasteiger charge is 2.09. The third-order valence-electron chi connectivity index (χ3n) is 4.90. The maximum Gasteiger partial charge on any atom is 0.224 e. The molecule has 30 heavy (non-hydrogen) atoms. The Morgan fingerprint density at radius 1 is 1.00 bits per heavy atom. The minimum absolute atomic E-state index is 0.00630. The molecular formula is C25H21ClN2OS. The van der Waals surface area contributed by atoms with E-state index in [4.69, 9.17) is 16.6 Å². The molecule has 1 N–H and O–H groups in total. The molecule has 4 rings (SSSR count). The first-order chi connectivity index (χ1) is 14.6. The van der Waals surface area contributed by atoms with Gasteiger partial charge in [0.15, 0.2) is 0 Å². The van der Waals surface area contributed by atoms with Crippen LogP contribution in [0.15, 0.2) is 78.2 Å². The molecule has 0 aliphatic heterocycles. The van der Waals surface area contributed by atoms with E-state index in [1.54, 1.807) is 11.3 Å². The molecule has 4 aromatic rings. The number of carbonyl (C=O) groups is 1. The smallest absolute Gasteiger partial charge is 0.224 e. The number of anilines is 1. The first-order valence-corrected chi connectivity index (χ1v) is 11.0. The maximum absolute atomic E-state index is 12.3. The predicted octanol–water partition coefficient (Wildman–Crippen LogP) is 7.01. The van der Waals surface area contributed by atoms with Gasteiger partial charge in [-0.1, -0.05) is 60.1 Å². The number of amides is 1. The number of aryl methyl sites for hydroxylation is 2. The van der Waals surface area contributed by atoms with Gasteiger partial charge in [-0.05, 0) is 48.7 Å². The highest BCUT2D eigenvalue weighted by atomic mass is 35.5. The van der Waals surface area contributed by atoms with Crippen LogP contribution in [0.25, 0.3) is 21.8 Å². The zero-order valence-electron chi connectivity index (χ0n) is 16.6. The van der Waals surface area contributed by atoms with Crippen LogP contribution >= 0.6 is 22.9 Å². The topological polar surface area (TPSA) is 42.0 Å². The quantitative estimate of drug-likeness (QED) is 0.356. The highest BCUT2D eigenvalue weighted by molar-refractivity contribution is 7.13. The average Bonchev–Trinajstić information content (AvgIpc) is 3.24. The van der Waals surface area contributed by atoms with Crippen molar-refractivity contribution >= 4 is 34.5 Å². The highest BCUT2D eigenvalue weighted by Crippen LogP contribution is 2.31. The minimum Gasteiger partial charge on any atom is -0.326 e. The van der Waals surface area contributed by atoms with Gasteiger partial charge in [0.1, 0.15) is 5.01 Å². The fourth-order valence-electron chi connectivity index (χ4n) is 3.20. The van der Waals surface area contributed by atoms with E-state index >= 15 is 0 Å². The second-order valence-electron chi connectivity index (χ2n) is 7.10. The number of nitrogens with zero attached hydrogens (tertiary/aromatic N) is 1. The number of halogens is 1. The molecule has 5 heteroatoms. The first kappa shape index (κ1) is 20.3. The Balaban J connectivity index is 1.38. The molecule has 1 heterocycles. The Hall–Kier alpha value is -2.95. The molecular weight excluding hydrogens is 412 g/mol. The minimum atomic E-state index is -0.00630. The molecule has 3 nitrogen and oxygen atoms in total. The van der Waals surface area contributed by atoms with Crippen molar-refractivity contribution in [1.29, 1.82) is 0 Å². The summed E-state index contributed by atoms with van der Waals surface area (Å²) >= 11 is 7.54. The monoisotopic (exact) mass is 432 g/mol. The summed E-state index contributed by atoms with van der Waals surface area (Å²) < 4.78 is 0. The van der Waals surface area contributed by atoms with Crippen molar-refractivity contribution in [2.24, 2.45) is 0 Å². The molecule has 0 radical (unpaired) electrons. The SMILES string of the molecule is Cc1ccccc1-c1nc(-c2ccc(NC(=O)CCc3ccc(Cl)cc3)cc2)cs1. The van der Waals surface area contributed by atoms with Gasteiger partial charge < -0.3 is 5.32 Å². The van der Waals surface area contributed by atoms with Crippen molar-refractivity contribution in [3.05, 3.63) is 94.3 Å². The van der Waals surface area contributed by atoms with Crippen LogP contribution in [-0.2, 0) is 11.2 Å². The van der Waals surface area contributed by atoms with Gasteiger partial charge in [-0.2, -0.15) is 0 Å². The molecule has 1 amide bonds. The summed E-state index contributed by atoms with van der Waals surface area (Å²) in [6.07, 6.45) is 1.11. The number of hydrogen-bond acceptors (Lipinski definition) is 3. The summed E-state index contributed by atoms with van der Waals surface area (Å²) in [7, 11) is 0. The normalized spacial score (nSPS) is 10.7. The van der Waals surface area contributed by atoms with E-state index in [2.05, 4.69) is 29.8 Å². The molecule has 0 aliphatic rings. The second kappa shape index (κ2) is 9.24. The zero-order chi connectivity index (χ0) is 20.9. The van der Waals surface area contributed by atoms with E-state index in [1.165, 1.54) is 11.1 Å². The Morgan fingerprint density at radius 2 is 1.73 bits per heavy atom. The summed E-state index contributed by atoms with van der Waals surface area (Å²) in [4.78, 5) is 17.0. The molecule has 0 saturated heterocycles. The molecule has 3 aromatic carbocycles. The van der Waals surface area contributed by atoms with Crippen LogP contribution in [0.2, 0.25) is 5.02 Å². The Bertz CT molecular complexity index is 1150. The Morgan fingerprint density at radius 3 is 2.47 bits per heavy atom. The van der Waals surface area contributed by atoms with Crippen LogP contribution in [0.1, 0.15) is 17.5 Å². The molecule has 1 aromatic heterocycles. The molecule has 150 valence electrons. The molecule has 0 bridgehead atoms. The van der Waals surface area contributed by atoms with Crippen molar-refractivity contribution in [2.45, 2.75) is 19.8 Å². The van der Waals surface area contributed by atoms with Gasteiger partial charge in [0.25, 0.3) is 0 Å². The lowest BCUT2D eigenvalue weighted by Gasteiger charge is -2.06. The average molecular weight is 433 g/mol. The summed E-state index contributed by atoms with van der Waals surface area (Å²) in [6, 6.07) is 23.7. The van der Waals surface area contributed by atoms with Crippen molar-refractivity contribution in [1.82, 2.24) is 4.98 Å². The van der Waals surface area contributed by atoms with Gasteiger partial charge in [-0.3, -0.25) is 4.79 Å². The van der Waals surface area contributed by atoms with Crippen LogP contribution in [0.4, 0.5) is 5.69 Å². The van der Waals surface area contributed by atoms with Gasteiger partial charge >= 0.3 is 0 Å². The number of hydrogen-bond donors (Lipinski definition) is 1. The summed E-state index contributed by atoms with van der Waals surface area (Å²) in [5.41, 5.74) is 6.24. The molecule has 0 fully saturated rings. The van der Waals surface area contributed by atoms with Crippen LogP contribution in [0.5, 0.6) is 0 Å². The third-order valence-corrected chi connectivity index (χ3v) is 6.03. The van der Waals surface area contributed by atoms with Gasteiger partial charge in [-0.25, -0.2) is 4.98 Å². The number of rotatable bonds is 6. The van der Waals surface area contributed by atoms with Gasteiger partial charge in [0.2, 0.25) is 5.91 Å². The fraction of sp³-hybridized carbons (Fsp3) is 0.120. The Kier molecular flexibility index (Phi) is 6.26. The largest absolute Gasteiger partial charge is 0.326 e. The lowest BCUT2D eigenvalue weighted by atomic mass is 10.1. The summed E-state index contributed by atoms with van der Waals surface area (Å²) in [5, 5.41) is 6.75. The van der Waals surface area contributed by atoms with Crippen LogP contribution in [-0.4, -0.2) is 10.9 Å². The number of carbonyl (C=O) groups excluding carboxylic acids is 1. The molecule has 0 spiro atoms. The lowest BCUT2D eigenvalue weighted by Crippen LogP contribution is -2.12. The Labute approximate surface area is 185 Å². The van der Waals surface area contributed by atoms with Gasteiger partial charge in [0.05, 0.1) is 5.69 Å². The fourth-order valence-corrected chi connectivity index (χ4v) is 4.24. The van der Waals surface area contributed by atoms with Crippen LogP contribution in [0.3, 0.4) is 0 Å². The molecule has 0 atom stereocenters. The molecule has 0 aliphatic carbocycles. The number of benzene rings is 3. The van der Waals surface area contributed by atoms with Gasteiger partial charge in [-0.15, -0.1) is 11.3 Å². The third kappa shape index (κ3) is 4.96. The van der Waals surface area contributed by atoms with E-state index in [-0.39, 0.29) is 5.91 Å². The first-order valence-electron chi connectivity index (χ1n) is 9.75. The molecule has 0 unspecified atom stereocenters. The van der Waals surface area contributed by atoms with E-state index in [9.17, 15) is 4.79 Å². The number of nitrogens with one attached hydrogen (secondary N) is 1. The van der Waals surface area contributed by atoms with Crippen molar-refractivity contribution in [3.8, 4) is 21.8 Å². The predicted molar refractivity (Wildman–Crippen MR) is 126 cm³/mol. The zero-order valence-corrected chi connectivity index (χ0v) is 18.1. The second-order valence-corrected chi connectivity index (χ2v) is 8.40. The van der Waals surface area contributed by atoms with Crippen molar-refractivity contribution in [3.63, 3.8) is 0 Å². The summed E-state index contributed by atoms with van der Waals surface area (Å²) in [5.74, 6) is -0.00630. The van der Waals surface area contributed by atoms with E-state index in [0.29, 0.717) is 17.9 Å². The van der Waals surface area contributed by atoms with Crippen molar-refractivity contribution in [2.75, 3.05) is 5.32 Å². The maximum atomic E-state index is 12.3.